The predicted molar refractivity (Wildman–Crippen MR) is 78.3 cm³/mol. The van der Waals surface area contributed by atoms with Gasteiger partial charge in [-0.2, -0.15) is 0 Å². The number of aryl methyl sites for hydroxylation is 2. The lowest BCUT2D eigenvalue weighted by molar-refractivity contribution is -0.121. The van der Waals surface area contributed by atoms with Gasteiger partial charge in [0.15, 0.2) is 0 Å². The van der Waals surface area contributed by atoms with Gasteiger partial charge in [0.2, 0.25) is 5.91 Å². The summed E-state index contributed by atoms with van der Waals surface area (Å²) in [6.45, 7) is 6.19. The Morgan fingerprint density at radius 1 is 1.16 bits per heavy atom. The third-order valence-electron chi connectivity index (χ3n) is 3.04. The molecule has 0 heterocycles. The van der Waals surface area contributed by atoms with Crippen LogP contribution >= 0.6 is 0 Å². The molecule has 3 heteroatoms. The molecule has 1 aromatic carbocycles. The Hall–Kier alpha value is -1.35. The summed E-state index contributed by atoms with van der Waals surface area (Å²) in [5.74, 6) is 0.103. The first-order chi connectivity index (χ1) is 9.27. The molecule has 3 nitrogen and oxygen atoms in total. The summed E-state index contributed by atoms with van der Waals surface area (Å²) in [4.78, 5) is 11.7. The average Bonchev–Trinajstić information content (AvgIpc) is 2.45. The molecular weight excluding hydrogens is 238 g/mol. The zero-order valence-electron chi connectivity index (χ0n) is 12.1. The topological polar surface area (TPSA) is 38.3 Å². The van der Waals surface area contributed by atoms with E-state index in [0.717, 1.165) is 25.9 Å². The van der Waals surface area contributed by atoms with Crippen LogP contribution in [0, 0.1) is 0 Å². The molecule has 106 valence electrons. The normalized spacial score (nSPS) is 10.4. The van der Waals surface area contributed by atoms with Crippen molar-refractivity contribution in [3.63, 3.8) is 0 Å². The zero-order valence-corrected chi connectivity index (χ0v) is 12.1. The van der Waals surface area contributed by atoms with E-state index in [1.165, 1.54) is 11.1 Å². The number of carbonyl (C=O) groups is 1. The van der Waals surface area contributed by atoms with E-state index >= 15 is 0 Å². The lowest BCUT2D eigenvalue weighted by Crippen LogP contribution is -2.27. The number of rotatable bonds is 9. The van der Waals surface area contributed by atoms with Gasteiger partial charge < -0.3 is 10.1 Å². The first-order valence-corrected chi connectivity index (χ1v) is 7.19. The molecule has 0 spiro atoms. The fourth-order valence-corrected chi connectivity index (χ4v) is 1.99. The number of hydrogen-bond donors (Lipinski definition) is 1. The van der Waals surface area contributed by atoms with Crippen LogP contribution in [0.25, 0.3) is 0 Å². The summed E-state index contributed by atoms with van der Waals surface area (Å²) in [6, 6.07) is 8.32. The molecule has 0 aliphatic carbocycles. The Kier molecular flexibility index (Phi) is 7.91. The van der Waals surface area contributed by atoms with Crippen molar-refractivity contribution >= 4 is 5.91 Å². The number of carbonyl (C=O) groups excluding carboxylic acids is 1. The Morgan fingerprint density at radius 2 is 1.89 bits per heavy atom. The number of hydrogen-bond acceptors (Lipinski definition) is 2. The van der Waals surface area contributed by atoms with E-state index in [1.54, 1.807) is 0 Å². The van der Waals surface area contributed by atoms with Gasteiger partial charge in [-0.05, 0) is 30.4 Å². The lowest BCUT2D eigenvalue weighted by Gasteiger charge is -2.08. The standard InChI is InChI=1S/C16H25NO2/c1-3-12-19-13-11-17-16(18)10-9-15-8-6-5-7-14(15)4-2/h5-8H,3-4,9-13H2,1-2H3,(H,17,18). The molecule has 0 atom stereocenters. The summed E-state index contributed by atoms with van der Waals surface area (Å²) < 4.78 is 5.32. The van der Waals surface area contributed by atoms with Crippen LogP contribution in [-0.2, 0) is 22.4 Å². The Labute approximate surface area is 116 Å². The highest BCUT2D eigenvalue weighted by atomic mass is 16.5. The van der Waals surface area contributed by atoms with Crippen molar-refractivity contribution in [1.82, 2.24) is 5.32 Å². The van der Waals surface area contributed by atoms with Crippen molar-refractivity contribution in [3.05, 3.63) is 35.4 Å². The minimum atomic E-state index is 0.103. The van der Waals surface area contributed by atoms with E-state index in [4.69, 9.17) is 4.74 Å². The molecule has 0 aliphatic rings. The first kappa shape index (κ1) is 15.7. The maximum atomic E-state index is 11.7. The van der Waals surface area contributed by atoms with Crippen LogP contribution in [0.4, 0.5) is 0 Å². The van der Waals surface area contributed by atoms with E-state index in [2.05, 4.69) is 31.3 Å². The highest BCUT2D eigenvalue weighted by molar-refractivity contribution is 5.76. The number of ether oxygens (including phenoxy) is 1. The summed E-state index contributed by atoms with van der Waals surface area (Å²) in [7, 11) is 0. The quantitative estimate of drug-likeness (QED) is 0.696. The maximum Gasteiger partial charge on any atom is 0.220 e. The van der Waals surface area contributed by atoms with Crippen molar-refractivity contribution in [2.75, 3.05) is 19.8 Å². The van der Waals surface area contributed by atoms with Crippen LogP contribution in [0.2, 0.25) is 0 Å². The van der Waals surface area contributed by atoms with Crippen LogP contribution in [-0.4, -0.2) is 25.7 Å². The molecule has 19 heavy (non-hydrogen) atoms. The van der Waals surface area contributed by atoms with Gasteiger partial charge in [-0.1, -0.05) is 38.1 Å². The van der Waals surface area contributed by atoms with Gasteiger partial charge in [0.05, 0.1) is 6.61 Å². The van der Waals surface area contributed by atoms with Crippen LogP contribution in [0.5, 0.6) is 0 Å². The molecule has 0 aromatic heterocycles. The average molecular weight is 263 g/mol. The summed E-state index contributed by atoms with van der Waals surface area (Å²) >= 11 is 0. The van der Waals surface area contributed by atoms with Gasteiger partial charge in [-0.15, -0.1) is 0 Å². The van der Waals surface area contributed by atoms with Gasteiger partial charge in [-0.3, -0.25) is 4.79 Å². The Balaban J connectivity index is 2.22. The summed E-state index contributed by atoms with van der Waals surface area (Å²) in [6.07, 6.45) is 3.39. The fraction of sp³-hybridized carbons (Fsp3) is 0.562. The zero-order chi connectivity index (χ0) is 13.9. The molecule has 1 N–H and O–H groups in total. The molecule has 0 fully saturated rings. The summed E-state index contributed by atoms with van der Waals surface area (Å²) in [5, 5.41) is 2.89. The molecule has 0 bridgehead atoms. The maximum absolute atomic E-state index is 11.7. The monoisotopic (exact) mass is 263 g/mol. The second-order valence-corrected chi connectivity index (χ2v) is 4.58. The number of amides is 1. The van der Waals surface area contributed by atoms with E-state index in [-0.39, 0.29) is 5.91 Å². The summed E-state index contributed by atoms with van der Waals surface area (Å²) in [5.41, 5.74) is 2.61. The van der Waals surface area contributed by atoms with Crippen LogP contribution in [0.15, 0.2) is 24.3 Å². The van der Waals surface area contributed by atoms with Gasteiger partial charge in [0.25, 0.3) is 0 Å². The molecular formula is C16H25NO2. The second-order valence-electron chi connectivity index (χ2n) is 4.58. The third kappa shape index (κ3) is 6.39. The van der Waals surface area contributed by atoms with Crippen molar-refractivity contribution in [2.24, 2.45) is 0 Å². The van der Waals surface area contributed by atoms with Crippen LogP contribution < -0.4 is 5.32 Å². The van der Waals surface area contributed by atoms with Crippen molar-refractivity contribution < 1.29 is 9.53 Å². The van der Waals surface area contributed by atoms with Gasteiger partial charge in [-0.25, -0.2) is 0 Å². The van der Waals surface area contributed by atoms with Crippen LogP contribution in [0.3, 0.4) is 0 Å². The van der Waals surface area contributed by atoms with E-state index in [1.807, 2.05) is 12.1 Å². The van der Waals surface area contributed by atoms with Gasteiger partial charge in [0, 0.05) is 19.6 Å². The fourth-order valence-electron chi connectivity index (χ4n) is 1.99. The lowest BCUT2D eigenvalue weighted by atomic mass is 10.0. The third-order valence-corrected chi connectivity index (χ3v) is 3.04. The molecule has 0 radical (unpaired) electrons. The SMILES string of the molecule is CCCOCCNC(=O)CCc1ccccc1CC. The largest absolute Gasteiger partial charge is 0.380 e. The Morgan fingerprint density at radius 3 is 2.58 bits per heavy atom. The minimum absolute atomic E-state index is 0.103. The Bertz CT molecular complexity index is 377. The highest BCUT2D eigenvalue weighted by Crippen LogP contribution is 2.11. The second kappa shape index (κ2) is 9.56. The number of benzene rings is 1. The molecule has 1 aromatic rings. The van der Waals surface area contributed by atoms with Crippen molar-refractivity contribution in [3.8, 4) is 0 Å². The highest BCUT2D eigenvalue weighted by Gasteiger charge is 2.04. The van der Waals surface area contributed by atoms with E-state index in [9.17, 15) is 4.79 Å². The smallest absolute Gasteiger partial charge is 0.220 e. The molecule has 1 rings (SSSR count). The molecule has 0 aliphatic heterocycles. The predicted octanol–water partition coefficient (Wildman–Crippen LogP) is 2.72. The van der Waals surface area contributed by atoms with E-state index in [0.29, 0.717) is 19.6 Å². The molecule has 0 saturated carbocycles. The minimum Gasteiger partial charge on any atom is -0.380 e. The number of nitrogens with one attached hydrogen (secondary N) is 1. The van der Waals surface area contributed by atoms with Crippen LogP contribution in [0.1, 0.15) is 37.8 Å². The molecule has 1 amide bonds. The first-order valence-electron chi connectivity index (χ1n) is 7.19. The molecule has 0 unspecified atom stereocenters. The van der Waals surface area contributed by atoms with Crippen molar-refractivity contribution in [2.45, 2.75) is 39.5 Å². The van der Waals surface area contributed by atoms with Crippen molar-refractivity contribution in [1.29, 1.82) is 0 Å². The van der Waals surface area contributed by atoms with Gasteiger partial charge >= 0.3 is 0 Å². The van der Waals surface area contributed by atoms with Gasteiger partial charge in [0.1, 0.15) is 0 Å². The molecule has 0 saturated heterocycles. The van der Waals surface area contributed by atoms with E-state index < -0.39 is 0 Å².